The molecule has 0 saturated heterocycles. The molecule has 0 unspecified atom stereocenters. The van der Waals surface area contributed by atoms with E-state index in [0.717, 1.165) is 22.9 Å². The van der Waals surface area contributed by atoms with Gasteiger partial charge < -0.3 is 69.7 Å². The third-order valence-corrected chi connectivity index (χ3v) is 13.4. The Hall–Kier alpha value is -8.93. The molecule has 0 spiro atoms. The number of hydrogen-bond donors (Lipinski definition) is 13. The van der Waals surface area contributed by atoms with Crippen LogP contribution in [0.5, 0.6) is 0 Å². The summed E-state index contributed by atoms with van der Waals surface area (Å²) in [4.78, 5) is 145. The molecule has 81 heavy (non-hydrogen) atoms. The van der Waals surface area contributed by atoms with Gasteiger partial charge in [-0.1, -0.05) is 112 Å². The Kier molecular flexibility index (Phi) is 24.5. The Morgan fingerprint density at radius 1 is 0.556 bits per heavy atom. The number of para-hydroxylation sites is 1. The van der Waals surface area contributed by atoms with Crippen molar-refractivity contribution in [2.45, 2.75) is 140 Å². The zero-order chi connectivity index (χ0) is 59.0. The van der Waals surface area contributed by atoms with Crippen LogP contribution in [0.3, 0.4) is 0 Å². The molecular formula is C57H76N14O10. The molecule has 3 aromatic carbocycles. The number of primary amides is 2. The number of aromatic nitrogens is 3. The fourth-order valence-corrected chi connectivity index (χ4v) is 8.79. The number of carbonyl (C=O) groups excluding carboxylic acids is 10. The maximum atomic E-state index is 14.2. The molecule has 0 bridgehead atoms. The molecule has 2 heterocycles. The van der Waals surface area contributed by atoms with Crippen molar-refractivity contribution < 1.29 is 47.9 Å². The number of nitrogens with zero attached hydrogens (tertiary/aromatic N) is 1. The van der Waals surface area contributed by atoms with E-state index in [4.69, 9.17) is 17.2 Å². The number of hydrogen-bond acceptors (Lipinski definition) is 12. The lowest BCUT2D eigenvalue weighted by Crippen LogP contribution is -2.59. The van der Waals surface area contributed by atoms with Crippen LogP contribution < -0.4 is 59.7 Å². The Morgan fingerprint density at radius 2 is 1.12 bits per heavy atom. The fraction of sp³-hybridized carbons (Fsp3) is 0.421. The number of unbranched alkanes of at least 4 members (excludes halogenated alkanes) is 1. The van der Waals surface area contributed by atoms with Crippen LogP contribution in [0, 0.1) is 5.92 Å². The molecule has 0 radical (unpaired) electrons. The molecule has 24 heteroatoms. The first kappa shape index (κ1) is 62.9. The third-order valence-electron chi connectivity index (χ3n) is 13.4. The van der Waals surface area contributed by atoms with Gasteiger partial charge in [0.05, 0.1) is 12.4 Å². The van der Waals surface area contributed by atoms with Crippen LogP contribution in [0.2, 0.25) is 0 Å². The number of H-pyrrole nitrogens is 2. The SMILES string of the molecule is CCCC[C@H](NC(=O)[C@H](Cc1ccccc1)NC(=O)[C@H](Cc1cnc[nH]1)NC(=O)CCNC(=O)[C@@H](NC(=O)[C@H](C)NC(=O)[C@H](Cc1c[nH]c2ccccc12)NC(=O)[C@H](CCC(N)=O)NC(=O)[C@H](N)Cc1ccccc1)C(C)C)C(N)=O. The van der Waals surface area contributed by atoms with Gasteiger partial charge in [0.2, 0.25) is 59.1 Å². The monoisotopic (exact) mass is 1120 g/mol. The number of fused-ring (bicyclic) bond motifs is 1. The van der Waals surface area contributed by atoms with Crippen LogP contribution in [0.25, 0.3) is 10.9 Å². The lowest BCUT2D eigenvalue weighted by Gasteiger charge is -2.26. The van der Waals surface area contributed by atoms with Crippen molar-refractivity contribution in [3.63, 3.8) is 0 Å². The van der Waals surface area contributed by atoms with E-state index in [0.29, 0.717) is 29.7 Å². The normalized spacial score (nSPS) is 14.1. The van der Waals surface area contributed by atoms with Crippen molar-refractivity contribution in [1.29, 1.82) is 0 Å². The van der Waals surface area contributed by atoms with Gasteiger partial charge in [0, 0.05) is 67.6 Å². The standard InChI is InChI=1S/C57H76N14O10/c1-5-6-20-42(50(60)74)67-55(79)44(27-36-17-11-8-12-18-36)69-56(80)46(29-38-31-61-32-64-38)66-48(73)24-25-62-57(81)49(33(2)3)71-51(75)34(4)65-54(78)45(28-37-30-63-41-21-14-13-19-39(37)41)70-53(77)43(22-23-47(59)72)68-52(76)40(58)26-35-15-9-7-10-16-35/h7-19,21,30-34,40,42-46,49,63H,5-6,20,22-29,58H2,1-4H3,(H2,59,72)(H2,60,74)(H,61,64)(H,62,81)(H,65,78)(H,66,73)(H,67,79)(H,68,76)(H,69,80)(H,70,77)(H,71,75)/t34-,40+,42-,43-,44-,45-,46-,49-/m0/s1. The minimum atomic E-state index is -1.34. The number of rotatable bonds is 33. The van der Waals surface area contributed by atoms with E-state index >= 15 is 0 Å². The van der Waals surface area contributed by atoms with Gasteiger partial charge in [0.25, 0.3) is 0 Å². The first-order valence-corrected chi connectivity index (χ1v) is 27.0. The van der Waals surface area contributed by atoms with E-state index in [-0.39, 0.29) is 51.5 Å². The van der Waals surface area contributed by atoms with Crippen LogP contribution >= 0.6 is 0 Å². The highest BCUT2D eigenvalue weighted by Gasteiger charge is 2.34. The molecule has 0 fully saturated rings. The number of imidazole rings is 1. The molecule has 0 aliphatic rings. The van der Waals surface area contributed by atoms with Gasteiger partial charge in [0.1, 0.15) is 42.3 Å². The van der Waals surface area contributed by atoms with Crippen LogP contribution in [0.4, 0.5) is 0 Å². The summed E-state index contributed by atoms with van der Waals surface area (Å²) in [5.41, 5.74) is 20.6. The van der Waals surface area contributed by atoms with E-state index < -0.39 is 113 Å². The van der Waals surface area contributed by atoms with Gasteiger partial charge in [-0.05, 0) is 54.9 Å². The van der Waals surface area contributed by atoms with Crippen LogP contribution in [-0.4, -0.2) is 129 Å². The van der Waals surface area contributed by atoms with Gasteiger partial charge >= 0.3 is 0 Å². The predicted molar refractivity (Wildman–Crippen MR) is 301 cm³/mol. The molecule has 5 aromatic rings. The molecule has 0 saturated carbocycles. The molecule has 434 valence electrons. The van der Waals surface area contributed by atoms with Crippen LogP contribution in [0.1, 0.15) is 88.6 Å². The Morgan fingerprint density at radius 3 is 1.73 bits per heavy atom. The lowest BCUT2D eigenvalue weighted by molar-refractivity contribution is -0.135. The fourth-order valence-electron chi connectivity index (χ4n) is 8.79. The first-order valence-electron chi connectivity index (χ1n) is 27.0. The van der Waals surface area contributed by atoms with Gasteiger partial charge in [-0.2, -0.15) is 0 Å². The average molecular weight is 1120 g/mol. The van der Waals surface area contributed by atoms with E-state index in [1.165, 1.54) is 19.4 Å². The number of nitrogens with one attached hydrogen (secondary N) is 10. The van der Waals surface area contributed by atoms with Crippen molar-refractivity contribution in [2.75, 3.05) is 6.54 Å². The Balaban J connectivity index is 1.22. The summed E-state index contributed by atoms with van der Waals surface area (Å²) in [7, 11) is 0. The molecular weight excluding hydrogens is 1040 g/mol. The van der Waals surface area contributed by atoms with Crippen molar-refractivity contribution in [1.82, 2.24) is 57.5 Å². The quantitative estimate of drug-likeness (QED) is 0.0264. The second kappa shape index (κ2) is 31.6. The molecule has 10 amide bonds. The molecule has 16 N–H and O–H groups in total. The average Bonchev–Trinajstić information content (AvgIpc) is 4.27. The largest absolute Gasteiger partial charge is 0.370 e. The highest BCUT2D eigenvalue weighted by Crippen LogP contribution is 2.20. The zero-order valence-electron chi connectivity index (χ0n) is 46.1. The Labute approximate surface area is 469 Å². The second-order valence-corrected chi connectivity index (χ2v) is 20.2. The van der Waals surface area contributed by atoms with Crippen molar-refractivity contribution in [2.24, 2.45) is 23.1 Å². The van der Waals surface area contributed by atoms with Crippen molar-refractivity contribution in [3.8, 4) is 0 Å². The number of benzene rings is 3. The molecule has 8 atom stereocenters. The summed E-state index contributed by atoms with van der Waals surface area (Å²) in [5.74, 6) is -7.66. The number of amides is 10. The van der Waals surface area contributed by atoms with Crippen molar-refractivity contribution in [3.05, 3.63) is 126 Å². The molecule has 24 nitrogen and oxygen atoms in total. The van der Waals surface area contributed by atoms with E-state index in [9.17, 15) is 47.9 Å². The summed E-state index contributed by atoms with van der Waals surface area (Å²) in [6.07, 6.45) is 5.48. The molecule has 5 rings (SSSR count). The molecule has 2 aromatic heterocycles. The predicted octanol–water partition coefficient (Wildman–Crippen LogP) is 0.00570. The summed E-state index contributed by atoms with van der Waals surface area (Å²) >= 11 is 0. The van der Waals surface area contributed by atoms with Gasteiger partial charge in [-0.15, -0.1) is 0 Å². The van der Waals surface area contributed by atoms with Crippen LogP contribution in [0.15, 0.2) is 104 Å². The second-order valence-electron chi connectivity index (χ2n) is 20.2. The summed E-state index contributed by atoms with van der Waals surface area (Å²) in [6, 6.07) is 15.6. The molecule has 0 aliphatic heterocycles. The summed E-state index contributed by atoms with van der Waals surface area (Å²) in [5, 5.41) is 22.1. The topological polar surface area (TPSA) is 389 Å². The maximum absolute atomic E-state index is 14.2. The van der Waals surface area contributed by atoms with Crippen LogP contribution in [-0.2, 0) is 73.6 Å². The first-order chi connectivity index (χ1) is 38.7. The lowest BCUT2D eigenvalue weighted by atomic mass is 10.0. The number of aromatic amines is 2. The number of nitrogens with two attached hydrogens (primary N) is 3. The maximum Gasteiger partial charge on any atom is 0.243 e. The highest BCUT2D eigenvalue weighted by atomic mass is 16.2. The zero-order valence-corrected chi connectivity index (χ0v) is 46.1. The van der Waals surface area contributed by atoms with Gasteiger partial charge in [-0.25, -0.2) is 4.98 Å². The number of carbonyl (C=O) groups is 10. The van der Waals surface area contributed by atoms with Crippen molar-refractivity contribution >= 4 is 70.0 Å². The van der Waals surface area contributed by atoms with E-state index in [1.54, 1.807) is 80.7 Å². The van der Waals surface area contributed by atoms with Gasteiger partial charge in [-0.3, -0.25) is 47.9 Å². The summed E-state index contributed by atoms with van der Waals surface area (Å²) < 4.78 is 0. The minimum Gasteiger partial charge on any atom is -0.370 e. The van der Waals surface area contributed by atoms with E-state index in [2.05, 4.69) is 57.5 Å². The Bertz CT molecular complexity index is 2920. The van der Waals surface area contributed by atoms with Gasteiger partial charge in [0.15, 0.2) is 0 Å². The third kappa shape index (κ3) is 20.4. The molecule has 0 aliphatic carbocycles. The minimum absolute atomic E-state index is 0.0492. The van der Waals surface area contributed by atoms with E-state index in [1.807, 2.05) is 31.2 Å². The smallest absolute Gasteiger partial charge is 0.243 e. The highest BCUT2D eigenvalue weighted by molar-refractivity contribution is 5.97. The summed E-state index contributed by atoms with van der Waals surface area (Å²) in [6.45, 7) is 6.45.